The third-order valence-electron chi connectivity index (χ3n) is 5.56. The predicted octanol–water partition coefficient (Wildman–Crippen LogP) is 5.67. The quantitative estimate of drug-likeness (QED) is 0.215. The molecule has 4 nitrogen and oxygen atoms in total. The van der Waals surface area contributed by atoms with Gasteiger partial charge in [-0.1, -0.05) is 57.8 Å². The molecule has 0 bridgehead atoms. The third kappa shape index (κ3) is 8.18. The highest BCUT2D eigenvalue weighted by Crippen LogP contribution is 2.37. The summed E-state index contributed by atoms with van der Waals surface area (Å²) in [4.78, 5) is 10.9. The van der Waals surface area contributed by atoms with Gasteiger partial charge in [0.25, 0.3) is 5.79 Å². The first-order valence-corrected chi connectivity index (χ1v) is 10.8. The van der Waals surface area contributed by atoms with E-state index in [1.807, 2.05) is 13.0 Å². The summed E-state index contributed by atoms with van der Waals surface area (Å²) in [5, 5.41) is 28.0. The van der Waals surface area contributed by atoms with E-state index in [2.05, 4.69) is 31.7 Å². The first kappa shape index (κ1) is 24.4. The molecular weight excluding hydrogens is 352 g/mol. The second kappa shape index (κ2) is 12.8. The van der Waals surface area contributed by atoms with Crippen molar-refractivity contribution >= 4 is 5.97 Å². The van der Waals surface area contributed by atoms with Crippen LogP contribution in [-0.2, 0) is 4.79 Å². The van der Waals surface area contributed by atoms with Gasteiger partial charge in [0.1, 0.15) is 0 Å². The highest BCUT2D eigenvalue weighted by Gasteiger charge is 2.33. The predicted molar refractivity (Wildman–Crippen MR) is 114 cm³/mol. The van der Waals surface area contributed by atoms with Gasteiger partial charge in [0.05, 0.1) is 0 Å². The van der Waals surface area contributed by atoms with Gasteiger partial charge in [0.15, 0.2) is 0 Å². The summed E-state index contributed by atoms with van der Waals surface area (Å²) < 4.78 is 0. The molecule has 0 aromatic rings. The van der Waals surface area contributed by atoms with E-state index < -0.39 is 11.8 Å². The lowest BCUT2D eigenvalue weighted by Gasteiger charge is -2.16. The average molecular weight is 391 g/mol. The van der Waals surface area contributed by atoms with Crippen LogP contribution in [0, 0.1) is 5.92 Å². The van der Waals surface area contributed by atoms with Gasteiger partial charge < -0.3 is 15.3 Å². The number of carbonyl (C=O) groups is 1. The summed E-state index contributed by atoms with van der Waals surface area (Å²) in [7, 11) is 0. The van der Waals surface area contributed by atoms with E-state index in [1.54, 1.807) is 0 Å². The Labute approximate surface area is 170 Å². The van der Waals surface area contributed by atoms with Crippen molar-refractivity contribution in [2.45, 2.75) is 97.2 Å². The van der Waals surface area contributed by atoms with Gasteiger partial charge in [-0.25, -0.2) is 4.79 Å². The molecule has 158 valence electrons. The van der Waals surface area contributed by atoms with Crippen molar-refractivity contribution in [3.63, 3.8) is 0 Å². The Morgan fingerprint density at radius 2 is 1.96 bits per heavy atom. The zero-order valence-electron chi connectivity index (χ0n) is 17.8. The summed E-state index contributed by atoms with van der Waals surface area (Å²) in [6.45, 7) is 6.31. The molecule has 4 heteroatoms. The highest BCUT2D eigenvalue weighted by atomic mass is 16.5. The molecule has 0 aromatic heterocycles. The van der Waals surface area contributed by atoms with Crippen molar-refractivity contribution in [2.75, 3.05) is 0 Å². The Bertz CT molecular complexity index is 619. The van der Waals surface area contributed by atoms with Gasteiger partial charge in [-0.15, -0.1) is 5.73 Å². The van der Waals surface area contributed by atoms with Gasteiger partial charge in [0, 0.05) is 6.42 Å². The highest BCUT2D eigenvalue weighted by molar-refractivity contribution is 5.75. The summed E-state index contributed by atoms with van der Waals surface area (Å²) >= 11 is 0. The number of unbranched alkanes of at least 4 members (excludes halogenated alkanes) is 4. The van der Waals surface area contributed by atoms with Crippen LogP contribution in [0.2, 0.25) is 0 Å². The van der Waals surface area contributed by atoms with Gasteiger partial charge >= 0.3 is 5.97 Å². The molecule has 1 aliphatic carbocycles. The van der Waals surface area contributed by atoms with Gasteiger partial charge in [-0.05, 0) is 68.1 Å². The minimum absolute atomic E-state index is 0.323. The van der Waals surface area contributed by atoms with E-state index >= 15 is 0 Å². The number of hydrogen-bond donors (Lipinski definition) is 3. The van der Waals surface area contributed by atoms with Crippen LogP contribution in [0.25, 0.3) is 0 Å². The number of aliphatic hydroxyl groups is 2. The van der Waals surface area contributed by atoms with Crippen LogP contribution in [0.15, 0.2) is 40.7 Å². The van der Waals surface area contributed by atoms with E-state index in [-0.39, 0.29) is 6.42 Å². The fourth-order valence-electron chi connectivity index (χ4n) is 3.74. The second-order valence-corrected chi connectivity index (χ2v) is 7.75. The molecule has 0 aromatic carbocycles. The van der Waals surface area contributed by atoms with Crippen LogP contribution < -0.4 is 0 Å². The van der Waals surface area contributed by atoms with Crippen molar-refractivity contribution in [3.05, 3.63) is 40.7 Å². The molecule has 0 unspecified atom stereocenters. The van der Waals surface area contributed by atoms with Crippen molar-refractivity contribution in [3.8, 4) is 0 Å². The van der Waals surface area contributed by atoms with Crippen molar-refractivity contribution in [1.29, 1.82) is 0 Å². The topological polar surface area (TPSA) is 77.8 Å². The van der Waals surface area contributed by atoms with Crippen molar-refractivity contribution in [2.24, 2.45) is 5.92 Å². The molecule has 1 aliphatic rings. The molecule has 0 saturated heterocycles. The molecule has 0 aliphatic heterocycles. The number of carboxylic acid groups (broad SMARTS) is 1. The zero-order valence-corrected chi connectivity index (χ0v) is 17.8. The van der Waals surface area contributed by atoms with Crippen molar-refractivity contribution < 1.29 is 20.1 Å². The minimum Gasteiger partial charge on any atom is -0.477 e. The van der Waals surface area contributed by atoms with E-state index in [4.69, 9.17) is 5.11 Å². The number of hydrogen-bond acceptors (Lipinski definition) is 3. The lowest BCUT2D eigenvalue weighted by Crippen LogP contribution is -2.38. The molecule has 28 heavy (non-hydrogen) atoms. The standard InChI is InChI=1S/C24H38O4/c1-4-7-8-9-10-11-14-21-17-16-20(6-3)22(21)15-12-13-19(5-2)18-24(27,28)23(25)26/h11-12,14,20,27-28H,4-10,15-18H2,1-3H3,(H,25,26)/t13?,20-/m0/s1. The maximum atomic E-state index is 10.9. The van der Waals surface area contributed by atoms with Crippen molar-refractivity contribution in [1.82, 2.24) is 0 Å². The monoisotopic (exact) mass is 390 g/mol. The Morgan fingerprint density at radius 1 is 1.21 bits per heavy atom. The molecule has 1 atom stereocenters. The fourth-order valence-corrected chi connectivity index (χ4v) is 3.74. The molecule has 0 saturated carbocycles. The van der Waals surface area contributed by atoms with Crippen LogP contribution in [0.3, 0.4) is 0 Å². The maximum Gasteiger partial charge on any atom is 0.364 e. The second-order valence-electron chi connectivity index (χ2n) is 7.75. The maximum absolute atomic E-state index is 10.9. The Morgan fingerprint density at radius 3 is 2.57 bits per heavy atom. The summed E-state index contributed by atoms with van der Waals surface area (Å²) in [6, 6.07) is 0. The Hall–Kier alpha value is -1.61. The van der Waals surface area contributed by atoms with E-state index in [9.17, 15) is 15.0 Å². The summed E-state index contributed by atoms with van der Waals surface area (Å²) in [6.07, 6.45) is 17.2. The van der Waals surface area contributed by atoms with Gasteiger partial charge in [0.2, 0.25) is 0 Å². The molecule has 0 radical (unpaired) electrons. The van der Waals surface area contributed by atoms with Crippen LogP contribution in [0.4, 0.5) is 0 Å². The Balaban J connectivity index is 2.82. The molecule has 0 fully saturated rings. The molecule has 0 spiro atoms. The number of allylic oxidation sites excluding steroid dienone is 4. The van der Waals surface area contributed by atoms with Crippen LogP contribution in [-0.4, -0.2) is 27.1 Å². The number of carboxylic acids is 1. The zero-order chi connectivity index (χ0) is 21.0. The fraction of sp³-hybridized carbons (Fsp3) is 0.667. The van der Waals surface area contributed by atoms with E-state index in [0.29, 0.717) is 17.9 Å². The van der Waals surface area contributed by atoms with Crippen LogP contribution in [0.5, 0.6) is 0 Å². The Kier molecular flexibility index (Phi) is 11.1. The van der Waals surface area contributed by atoms with E-state index in [1.165, 1.54) is 43.3 Å². The van der Waals surface area contributed by atoms with E-state index in [0.717, 1.165) is 25.7 Å². The number of aliphatic carboxylic acids is 1. The van der Waals surface area contributed by atoms with Gasteiger partial charge in [-0.2, -0.15) is 0 Å². The summed E-state index contributed by atoms with van der Waals surface area (Å²) in [5.41, 5.74) is 6.60. The van der Waals surface area contributed by atoms with Crippen LogP contribution in [0.1, 0.15) is 91.4 Å². The summed E-state index contributed by atoms with van der Waals surface area (Å²) in [5.74, 6) is -3.76. The largest absolute Gasteiger partial charge is 0.477 e. The SMILES string of the molecule is CCCCCCC=CC1=C(CC=C=C(CC)CC(O)(O)C(=O)O)[C@@H](CC)CC1. The normalized spacial score (nSPS) is 17.2. The van der Waals surface area contributed by atoms with Crippen LogP contribution >= 0.6 is 0 Å². The smallest absolute Gasteiger partial charge is 0.364 e. The molecule has 0 heterocycles. The first-order chi connectivity index (χ1) is 13.4. The average Bonchev–Trinajstić information content (AvgIpc) is 3.05. The molecule has 1 rings (SSSR count). The lowest BCUT2D eigenvalue weighted by atomic mass is 9.94. The third-order valence-corrected chi connectivity index (χ3v) is 5.56. The molecular formula is C24H38O4. The minimum atomic E-state index is -2.73. The first-order valence-electron chi connectivity index (χ1n) is 10.8. The number of rotatable bonds is 13. The lowest BCUT2D eigenvalue weighted by molar-refractivity contribution is -0.202. The van der Waals surface area contributed by atoms with Gasteiger partial charge in [-0.3, -0.25) is 0 Å². The molecule has 3 N–H and O–H groups in total. The molecule has 0 amide bonds.